The maximum absolute atomic E-state index is 14.7. The van der Waals surface area contributed by atoms with Crippen LogP contribution in [0.5, 0.6) is 0 Å². The number of carbonyl (C=O) groups is 1. The molecule has 1 amide bonds. The third-order valence-corrected chi connectivity index (χ3v) is 4.46. The largest absolute Gasteiger partial charge is 0.339 e. The molecule has 0 fully saturated rings. The molecule has 0 bridgehead atoms. The Morgan fingerprint density at radius 2 is 1.97 bits per heavy atom. The summed E-state index contributed by atoms with van der Waals surface area (Å²) in [4.78, 5) is 16.6. The van der Waals surface area contributed by atoms with E-state index in [0.29, 0.717) is 27.3 Å². The quantitative estimate of drug-likeness (QED) is 0.450. The number of nitrogens with zero attached hydrogens (tertiary/aromatic N) is 2. The van der Waals surface area contributed by atoms with Gasteiger partial charge >= 0.3 is 0 Å². The number of halogens is 3. The van der Waals surface area contributed by atoms with Crippen LogP contribution in [-0.2, 0) is 0 Å². The number of nitriles is 1. The Kier molecular flexibility index (Phi) is 7.72. The highest BCUT2D eigenvalue weighted by atomic mass is 35.5. The minimum Gasteiger partial charge on any atom is -0.339 e. The lowest BCUT2D eigenvalue weighted by molar-refractivity contribution is 0.0941. The molecule has 0 aliphatic carbocycles. The van der Waals surface area contributed by atoms with E-state index < -0.39 is 17.8 Å². The highest BCUT2D eigenvalue weighted by Gasteiger charge is 2.23. The summed E-state index contributed by atoms with van der Waals surface area (Å²) in [6.07, 6.45) is 1.10. The Labute approximate surface area is 179 Å². The van der Waals surface area contributed by atoms with Crippen molar-refractivity contribution in [1.29, 1.82) is 5.26 Å². The first kappa shape index (κ1) is 22.4. The summed E-state index contributed by atoms with van der Waals surface area (Å²) in [6, 6.07) is 12.4. The number of rotatable bonds is 6. The Morgan fingerprint density at radius 3 is 2.48 bits per heavy atom. The third-order valence-electron chi connectivity index (χ3n) is 4.10. The van der Waals surface area contributed by atoms with E-state index in [1.54, 1.807) is 43.3 Å². The second kappa shape index (κ2) is 10.0. The first-order valence-corrected chi connectivity index (χ1v) is 9.29. The summed E-state index contributed by atoms with van der Waals surface area (Å²) in [5.41, 5.74) is 1.93. The topological polar surface area (TPSA) is 65.2 Å². The van der Waals surface area contributed by atoms with Gasteiger partial charge in [0.2, 0.25) is 0 Å². The number of benzene rings is 2. The first-order valence-electron chi connectivity index (χ1n) is 8.54. The number of amides is 1. The molecule has 0 spiro atoms. The van der Waals surface area contributed by atoms with Gasteiger partial charge in [-0.05, 0) is 68.1 Å². The van der Waals surface area contributed by atoms with Crippen LogP contribution in [0.15, 0.2) is 70.1 Å². The van der Waals surface area contributed by atoms with Crippen molar-refractivity contribution in [2.45, 2.75) is 19.9 Å². The molecule has 0 aromatic heterocycles. The van der Waals surface area contributed by atoms with Crippen molar-refractivity contribution in [1.82, 2.24) is 5.32 Å². The van der Waals surface area contributed by atoms with Crippen LogP contribution in [0.3, 0.4) is 0 Å². The Balaban J connectivity index is 2.50. The lowest BCUT2D eigenvalue weighted by Crippen LogP contribution is -2.30. The van der Waals surface area contributed by atoms with Crippen LogP contribution < -0.4 is 5.32 Å². The number of hydrogen-bond acceptors (Lipinski definition) is 3. The monoisotopic (exact) mass is 429 g/mol. The van der Waals surface area contributed by atoms with Crippen LogP contribution in [0.1, 0.15) is 40.0 Å². The molecule has 2 aromatic rings. The van der Waals surface area contributed by atoms with Crippen LogP contribution >= 0.6 is 23.2 Å². The molecule has 2 aromatic carbocycles. The van der Waals surface area contributed by atoms with Gasteiger partial charge in [-0.25, -0.2) is 4.39 Å². The Bertz CT molecular complexity index is 1030. The molecule has 0 saturated carbocycles. The van der Waals surface area contributed by atoms with Crippen LogP contribution in [-0.4, -0.2) is 12.6 Å². The molecule has 0 aliphatic rings. The molecule has 1 atom stereocenters. The standard InChI is InChI=1S/C22H18Cl2FN3O/c1-13-10-16(4-5-17(13)12-26)22(29)28-20(15-6-8-18(24)9-7-15)21(27-3)19(25)11-14(2)23/h4-11,20H,3H2,1-2H3,(H,28,29)/b14-11+,21-19+. The summed E-state index contributed by atoms with van der Waals surface area (Å²) in [7, 11) is 0. The van der Waals surface area contributed by atoms with E-state index in [1.807, 2.05) is 0 Å². The van der Waals surface area contributed by atoms with Crippen LogP contribution in [0.2, 0.25) is 5.02 Å². The molecule has 148 valence electrons. The average Bonchev–Trinajstić information content (AvgIpc) is 2.67. The van der Waals surface area contributed by atoms with Crippen molar-refractivity contribution in [2.24, 2.45) is 4.99 Å². The number of allylic oxidation sites excluding steroid dienone is 3. The summed E-state index contributed by atoms with van der Waals surface area (Å²) in [5.74, 6) is -1.18. The predicted octanol–water partition coefficient (Wildman–Crippen LogP) is 6.02. The molecule has 1 unspecified atom stereocenters. The zero-order chi connectivity index (χ0) is 21.6. The van der Waals surface area contributed by atoms with E-state index >= 15 is 0 Å². The number of carbonyl (C=O) groups excluding carboxylic acids is 1. The molecule has 7 heteroatoms. The average molecular weight is 430 g/mol. The summed E-state index contributed by atoms with van der Waals surface area (Å²) in [5, 5.41) is 12.5. The maximum atomic E-state index is 14.7. The number of nitrogens with one attached hydrogen (secondary N) is 1. The van der Waals surface area contributed by atoms with Gasteiger partial charge in [0.1, 0.15) is 11.5 Å². The number of aliphatic imine (C=N–C) groups is 1. The fraction of sp³-hybridized carbons (Fsp3) is 0.136. The summed E-state index contributed by atoms with van der Waals surface area (Å²) < 4.78 is 14.7. The zero-order valence-corrected chi connectivity index (χ0v) is 17.4. The summed E-state index contributed by atoms with van der Waals surface area (Å²) in [6.45, 7) is 6.69. The van der Waals surface area contributed by atoms with E-state index in [-0.39, 0.29) is 10.7 Å². The van der Waals surface area contributed by atoms with Gasteiger partial charge in [0, 0.05) is 15.6 Å². The molecule has 29 heavy (non-hydrogen) atoms. The molecule has 1 N–H and O–H groups in total. The molecule has 0 radical (unpaired) electrons. The minimum absolute atomic E-state index is 0.0916. The van der Waals surface area contributed by atoms with Gasteiger partial charge in [-0.1, -0.05) is 35.3 Å². The van der Waals surface area contributed by atoms with Crippen molar-refractivity contribution >= 4 is 35.8 Å². The van der Waals surface area contributed by atoms with Gasteiger partial charge in [-0.3, -0.25) is 9.79 Å². The highest BCUT2D eigenvalue weighted by Crippen LogP contribution is 2.29. The molecule has 0 saturated heterocycles. The molecule has 0 heterocycles. The van der Waals surface area contributed by atoms with Crippen LogP contribution in [0, 0.1) is 18.3 Å². The maximum Gasteiger partial charge on any atom is 0.252 e. The van der Waals surface area contributed by atoms with Crippen molar-refractivity contribution in [3.05, 3.63) is 92.4 Å². The highest BCUT2D eigenvalue weighted by molar-refractivity contribution is 6.30. The fourth-order valence-corrected chi connectivity index (χ4v) is 2.88. The van der Waals surface area contributed by atoms with Gasteiger partial charge < -0.3 is 5.32 Å². The molecular weight excluding hydrogens is 412 g/mol. The van der Waals surface area contributed by atoms with E-state index in [1.165, 1.54) is 13.0 Å². The second-order valence-corrected chi connectivity index (χ2v) is 7.25. The van der Waals surface area contributed by atoms with Gasteiger partial charge in [0.15, 0.2) is 0 Å². The fourth-order valence-electron chi connectivity index (χ4n) is 2.66. The number of aryl methyl sites for hydroxylation is 1. The third kappa shape index (κ3) is 5.77. The second-order valence-electron chi connectivity index (χ2n) is 6.22. The van der Waals surface area contributed by atoms with Crippen LogP contribution in [0.4, 0.5) is 4.39 Å². The molecule has 0 aliphatic heterocycles. The first-order chi connectivity index (χ1) is 13.8. The van der Waals surface area contributed by atoms with Crippen molar-refractivity contribution in [3.63, 3.8) is 0 Å². The molecule has 2 rings (SSSR count). The smallest absolute Gasteiger partial charge is 0.252 e. The Hall–Kier alpha value is -2.94. The van der Waals surface area contributed by atoms with Gasteiger partial charge in [0.05, 0.1) is 17.7 Å². The lowest BCUT2D eigenvalue weighted by Gasteiger charge is -2.20. The lowest BCUT2D eigenvalue weighted by atomic mass is 10.0. The van der Waals surface area contributed by atoms with Crippen molar-refractivity contribution in [3.8, 4) is 6.07 Å². The van der Waals surface area contributed by atoms with Crippen molar-refractivity contribution < 1.29 is 9.18 Å². The van der Waals surface area contributed by atoms with Gasteiger partial charge in [-0.15, -0.1) is 0 Å². The zero-order valence-electron chi connectivity index (χ0n) is 15.8. The van der Waals surface area contributed by atoms with Gasteiger partial charge in [-0.2, -0.15) is 5.26 Å². The Morgan fingerprint density at radius 1 is 1.31 bits per heavy atom. The SMILES string of the molecule is C=N/C(=C(F)\C=C(/C)Cl)C(NC(=O)c1ccc(C#N)c(C)c1)c1ccc(Cl)cc1. The molecule has 4 nitrogen and oxygen atoms in total. The summed E-state index contributed by atoms with van der Waals surface area (Å²) >= 11 is 11.7. The normalized spacial score (nSPS) is 13.2. The van der Waals surface area contributed by atoms with Gasteiger partial charge in [0.25, 0.3) is 5.91 Å². The minimum atomic E-state index is -0.930. The molecular formula is C22H18Cl2FN3O. The van der Waals surface area contributed by atoms with E-state index in [9.17, 15) is 9.18 Å². The van der Waals surface area contributed by atoms with Crippen LogP contribution in [0.25, 0.3) is 0 Å². The van der Waals surface area contributed by atoms with E-state index in [0.717, 1.165) is 6.08 Å². The van der Waals surface area contributed by atoms with E-state index in [4.69, 9.17) is 28.5 Å². The van der Waals surface area contributed by atoms with Crippen molar-refractivity contribution in [2.75, 3.05) is 0 Å². The predicted molar refractivity (Wildman–Crippen MR) is 115 cm³/mol. The number of hydrogen-bond donors (Lipinski definition) is 1. The van der Waals surface area contributed by atoms with E-state index in [2.05, 4.69) is 23.1 Å².